The normalized spacial score (nSPS) is 13.2. The summed E-state index contributed by atoms with van der Waals surface area (Å²) in [6.45, 7) is 2.05. The number of morpholine rings is 1. The molecule has 0 saturated carbocycles. The Hall–Kier alpha value is -4.32. The first-order chi connectivity index (χ1) is 18.8. The van der Waals surface area contributed by atoms with Gasteiger partial charge in [-0.2, -0.15) is 0 Å². The Morgan fingerprint density at radius 1 is 1.03 bits per heavy atom. The number of fused-ring (bicyclic) bond motifs is 1. The maximum absolute atomic E-state index is 13.1. The highest BCUT2D eigenvalue weighted by molar-refractivity contribution is 7.80. The number of nitro groups is 1. The van der Waals surface area contributed by atoms with E-state index in [1.807, 2.05) is 17.0 Å². The van der Waals surface area contributed by atoms with E-state index < -0.39 is 16.5 Å². The van der Waals surface area contributed by atoms with Gasteiger partial charge < -0.3 is 19.4 Å². The molecule has 0 radical (unpaired) electrons. The molecule has 10 nitrogen and oxygen atoms in total. The Morgan fingerprint density at radius 2 is 1.79 bits per heavy atom. The van der Waals surface area contributed by atoms with Crippen molar-refractivity contribution >= 4 is 62.9 Å². The van der Waals surface area contributed by atoms with Crippen LogP contribution in [0.3, 0.4) is 0 Å². The maximum Gasteiger partial charge on any atom is 0.344 e. The number of hydrogen-bond acceptors (Lipinski definition) is 8. The molecule has 1 saturated heterocycles. The van der Waals surface area contributed by atoms with Gasteiger partial charge in [0.05, 0.1) is 40.0 Å². The van der Waals surface area contributed by atoms with E-state index in [4.69, 9.17) is 33.0 Å². The number of rotatable bonds is 5. The zero-order valence-electron chi connectivity index (χ0n) is 20.3. The predicted octanol–water partition coefficient (Wildman–Crippen LogP) is 4.99. The maximum atomic E-state index is 13.1. The smallest absolute Gasteiger partial charge is 0.344 e. The number of amides is 1. The number of hydrogen-bond donors (Lipinski definition) is 2. The Morgan fingerprint density at radius 3 is 2.54 bits per heavy atom. The number of benzene rings is 3. The molecule has 4 aromatic rings. The summed E-state index contributed by atoms with van der Waals surface area (Å²) in [5.41, 5.74) is 1.65. The summed E-state index contributed by atoms with van der Waals surface area (Å²) < 4.78 is 10.8. The lowest BCUT2D eigenvalue weighted by molar-refractivity contribution is -0.384. The van der Waals surface area contributed by atoms with Crippen LogP contribution in [0.2, 0.25) is 5.02 Å². The summed E-state index contributed by atoms with van der Waals surface area (Å²) in [4.78, 5) is 38.4. The molecule has 0 aliphatic carbocycles. The zero-order chi connectivity index (χ0) is 27.5. The van der Waals surface area contributed by atoms with Crippen molar-refractivity contribution in [3.05, 3.63) is 97.9 Å². The van der Waals surface area contributed by atoms with Gasteiger partial charge in [0.1, 0.15) is 5.58 Å². The summed E-state index contributed by atoms with van der Waals surface area (Å²) in [6.07, 6.45) is 0. The van der Waals surface area contributed by atoms with E-state index in [1.54, 1.807) is 42.5 Å². The van der Waals surface area contributed by atoms with E-state index in [0.717, 1.165) is 5.39 Å². The fourth-order valence-electron chi connectivity index (χ4n) is 4.29. The van der Waals surface area contributed by atoms with Gasteiger partial charge in [-0.05, 0) is 42.5 Å². The Bertz CT molecular complexity index is 1670. The summed E-state index contributed by atoms with van der Waals surface area (Å²) in [5, 5.41) is 17.8. The van der Waals surface area contributed by atoms with Crippen molar-refractivity contribution in [3.63, 3.8) is 0 Å². The third-order valence-electron chi connectivity index (χ3n) is 6.17. The number of ether oxygens (including phenoxy) is 1. The van der Waals surface area contributed by atoms with Gasteiger partial charge in [-0.25, -0.2) is 4.79 Å². The van der Waals surface area contributed by atoms with Gasteiger partial charge in [0.25, 0.3) is 11.6 Å². The molecule has 0 spiro atoms. The van der Waals surface area contributed by atoms with Crippen molar-refractivity contribution in [2.75, 3.05) is 36.5 Å². The number of halogens is 1. The van der Waals surface area contributed by atoms with Crippen LogP contribution in [0.4, 0.5) is 17.1 Å². The minimum atomic E-state index is -0.603. The van der Waals surface area contributed by atoms with E-state index in [9.17, 15) is 19.7 Å². The molecule has 12 heteroatoms. The lowest BCUT2D eigenvalue weighted by Gasteiger charge is -2.30. The van der Waals surface area contributed by atoms with E-state index in [-0.39, 0.29) is 21.4 Å². The molecular formula is C27H21ClN4O6S. The van der Waals surface area contributed by atoms with Crippen LogP contribution in [0.25, 0.3) is 22.1 Å². The molecule has 198 valence electrons. The standard InChI is InChI=1S/C27H21ClN4O6S/c28-22-14-17(5-7-19(22)20-13-16-3-1-2-4-24(16)38-26(20)34)29-27(39)30-25(33)21-15-18(32(35)36)6-8-23(21)31-9-11-37-12-10-31/h1-8,13-15H,9-12H2,(H2,29,30,33,39). The molecule has 1 fully saturated rings. The summed E-state index contributed by atoms with van der Waals surface area (Å²) in [6, 6.07) is 17.9. The number of carbonyl (C=O) groups excluding carboxylic acids is 1. The molecule has 1 amide bonds. The molecule has 39 heavy (non-hydrogen) atoms. The minimum Gasteiger partial charge on any atom is -0.422 e. The van der Waals surface area contributed by atoms with Crippen molar-refractivity contribution in [1.82, 2.24) is 5.32 Å². The summed E-state index contributed by atoms with van der Waals surface area (Å²) >= 11 is 11.8. The van der Waals surface area contributed by atoms with Gasteiger partial charge in [0, 0.05) is 41.9 Å². The van der Waals surface area contributed by atoms with Gasteiger partial charge in [0.15, 0.2) is 5.11 Å². The first-order valence-corrected chi connectivity index (χ1v) is 12.6. The van der Waals surface area contributed by atoms with Gasteiger partial charge in [-0.3, -0.25) is 20.2 Å². The topological polar surface area (TPSA) is 127 Å². The van der Waals surface area contributed by atoms with E-state index >= 15 is 0 Å². The van der Waals surface area contributed by atoms with Crippen molar-refractivity contribution in [1.29, 1.82) is 0 Å². The molecule has 5 rings (SSSR count). The first-order valence-electron chi connectivity index (χ1n) is 11.9. The van der Waals surface area contributed by atoms with E-state index in [2.05, 4.69) is 10.6 Å². The van der Waals surface area contributed by atoms with Crippen LogP contribution >= 0.6 is 23.8 Å². The van der Waals surface area contributed by atoms with Crippen molar-refractivity contribution in [2.24, 2.45) is 0 Å². The van der Waals surface area contributed by atoms with Crippen LogP contribution in [0, 0.1) is 10.1 Å². The molecule has 3 aromatic carbocycles. The summed E-state index contributed by atoms with van der Waals surface area (Å²) in [7, 11) is 0. The molecule has 2 heterocycles. The highest BCUT2D eigenvalue weighted by Gasteiger charge is 2.23. The number of anilines is 2. The van der Waals surface area contributed by atoms with Crippen LogP contribution in [0.5, 0.6) is 0 Å². The fourth-order valence-corrected chi connectivity index (χ4v) is 4.79. The number of nitrogens with zero attached hydrogens (tertiary/aromatic N) is 2. The molecule has 2 N–H and O–H groups in total. The van der Waals surface area contributed by atoms with Gasteiger partial charge in [0.2, 0.25) is 0 Å². The third kappa shape index (κ3) is 5.75. The first kappa shape index (κ1) is 26.3. The monoisotopic (exact) mass is 564 g/mol. The quantitative estimate of drug-likeness (QED) is 0.149. The van der Waals surface area contributed by atoms with Gasteiger partial charge >= 0.3 is 5.63 Å². The van der Waals surface area contributed by atoms with Crippen LogP contribution in [0.1, 0.15) is 10.4 Å². The number of nitro benzene ring substituents is 1. The lowest BCUT2D eigenvalue weighted by Crippen LogP contribution is -2.39. The van der Waals surface area contributed by atoms with E-state index in [1.165, 1.54) is 12.1 Å². The molecule has 1 aliphatic heterocycles. The number of non-ortho nitro benzene ring substituents is 1. The average Bonchev–Trinajstić information content (AvgIpc) is 2.93. The van der Waals surface area contributed by atoms with Crippen molar-refractivity contribution < 1.29 is 18.9 Å². The second kappa shape index (κ2) is 11.2. The van der Waals surface area contributed by atoms with Crippen molar-refractivity contribution in [3.8, 4) is 11.1 Å². The molecule has 0 bridgehead atoms. The second-order valence-corrected chi connectivity index (χ2v) is 9.46. The van der Waals surface area contributed by atoms with Crippen molar-refractivity contribution in [2.45, 2.75) is 0 Å². The number of carbonyl (C=O) groups is 1. The number of para-hydroxylation sites is 1. The Labute approximate surface area is 232 Å². The van der Waals surface area contributed by atoms with Crippen LogP contribution in [0.15, 0.2) is 75.9 Å². The molecular weight excluding hydrogens is 544 g/mol. The third-order valence-corrected chi connectivity index (χ3v) is 6.69. The van der Waals surface area contributed by atoms with Crippen LogP contribution < -0.4 is 21.2 Å². The fraction of sp³-hybridized carbons (Fsp3) is 0.148. The largest absolute Gasteiger partial charge is 0.422 e. The molecule has 1 aromatic heterocycles. The van der Waals surface area contributed by atoms with E-state index in [0.29, 0.717) is 54.4 Å². The second-order valence-electron chi connectivity index (χ2n) is 8.65. The van der Waals surface area contributed by atoms with Gasteiger partial charge in [-0.15, -0.1) is 0 Å². The molecule has 0 unspecified atom stereocenters. The highest BCUT2D eigenvalue weighted by Crippen LogP contribution is 2.30. The minimum absolute atomic E-state index is 0.0338. The van der Waals surface area contributed by atoms with Crippen LogP contribution in [-0.2, 0) is 4.74 Å². The van der Waals surface area contributed by atoms with Gasteiger partial charge in [-0.1, -0.05) is 35.9 Å². The summed E-state index contributed by atoms with van der Waals surface area (Å²) in [5.74, 6) is -0.603. The molecule has 0 atom stereocenters. The predicted molar refractivity (Wildman–Crippen MR) is 153 cm³/mol. The number of thiocarbonyl (C=S) groups is 1. The lowest BCUT2D eigenvalue weighted by atomic mass is 10.1. The van der Waals surface area contributed by atoms with Crippen LogP contribution in [-0.4, -0.2) is 42.2 Å². The molecule has 1 aliphatic rings. The Kier molecular flexibility index (Phi) is 7.55. The zero-order valence-corrected chi connectivity index (χ0v) is 21.9. The Balaban J connectivity index is 1.34. The SMILES string of the molecule is O=C(NC(=S)Nc1ccc(-c2cc3ccccc3oc2=O)c(Cl)c1)c1cc([N+](=O)[O-])ccc1N1CCOCC1. The number of nitrogens with one attached hydrogen (secondary N) is 2. The average molecular weight is 565 g/mol. The highest BCUT2D eigenvalue weighted by atomic mass is 35.5.